The lowest BCUT2D eigenvalue weighted by Crippen LogP contribution is -2.39. The fourth-order valence-corrected chi connectivity index (χ4v) is 3.79. The molecule has 1 aromatic carbocycles. The average molecular weight is 340 g/mol. The summed E-state index contributed by atoms with van der Waals surface area (Å²) in [5.74, 6) is 0.322. The van der Waals surface area contributed by atoms with Gasteiger partial charge in [0.1, 0.15) is 0 Å². The third kappa shape index (κ3) is 2.78. The van der Waals surface area contributed by atoms with Gasteiger partial charge in [0.05, 0.1) is 17.4 Å². The molecule has 0 bridgehead atoms. The van der Waals surface area contributed by atoms with Crippen molar-refractivity contribution in [2.75, 3.05) is 18.4 Å². The first-order chi connectivity index (χ1) is 11.7. The van der Waals surface area contributed by atoms with Crippen LogP contribution in [0.15, 0.2) is 40.5 Å². The number of amides is 1. The van der Waals surface area contributed by atoms with Crippen LogP contribution in [0.4, 0.5) is 5.95 Å². The molecular weight excluding hydrogens is 324 g/mol. The molecule has 1 aliphatic rings. The van der Waals surface area contributed by atoms with Crippen molar-refractivity contribution in [3.8, 4) is 0 Å². The number of anilines is 1. The molecule has 4 rings (SSSR count). The molecule has 0 saturated carbocycles. The van der Waals surface area contributed by atoms with E-state index in [2.05, 4.69) is 26.7 Å². The Morgan fingerprint density at radius 3 is 3.12 bits per heavy atom. The highest BCUT2D eigenvalue weighted by atomic mass is 32.1. The summed E-state index contributed by atoms with van der Waals surface area (Å²) in [6, 6.07) is 9.21. The van der Waals surface area contributed by atoms with Crippen LogP contribution in [0.2, 0.25) is 0 Å². The molecule has 3 heterocycles. The molecular formula is C17H16N4O2S. The van der Waals surface area contributed by atoms with E-state index in [1.807, 2.05) is 11.0 Å². The molecule has 0 atom stereocenters. The molecule has 7 heteroatoms. The summed E-state index contributed by atoms with van der Waals surface area (Å²) in [4.78, 5) is 34.6. The number of benzene rings is 1. The number of thiophene rings is 1. The van der Waals surface area contributed by atoms with Crippen LogP contribution in [-0.4, -0.2) is 33.9 Å². The Balaban J connectivity index is 1.45. The van der Waals surface area contributed by atoms with Gasteiger partial charge in [0, 0.05) is 18.0 Å². The van der Waals surface area contributed by atoms with Crippen LogP contribution in [0.25, 0.3) is 10.9 Å². The van der Waals surface area contributed by atoms with Crippen molar-refractivity contribution in [2.24, 2.45) is 0 Å². The third-order valence-electron chi connectivity index (χ3n) is 4.18. The van der Waals surface area contributed by atoms with Gasteiger partial charge >= 0.3 is 0 Å². The lowest BCUT2D eigenvalue weighted by atomic mass is 10.1. The van der Waals surface area contributed by atoms with Crippen LogP contribution in [0.3, 0.4) is 0 Å². The van der Waals surface area contributed by atoms with Gasteiger partial charge in [0.15, 0.2) is 0 Å². The Labute approximate surface area is 142 Å². The molecule has 2 aromatic heterocycles. The first kappa shape index (κ1) is 14.9. The van der Waals surface area contributed by atoms with Gasteiger partial charge in [-0.15, -0.1) is 11.3 Å². The second-order valence-electron chi connectivity index (χ2n) is 5.72. The fraction of sp³-hybridized carbons (Fsp3) is 0.235. The summed E-state index contributed by atoms with van der Waals surface area (Å²) >= 11 is 1.75. The smallest absolute Gasteiger partial charge is 0.260 e. The van der Waals surface area contributed by atoms with E-state index in [4.69, 9.17) is 0 Å². The molecule has 1 aliphatic heterocycles. The predicted octanol–water partition coefficient (Wildman–Crippen LogP) is 1.98. The van der Waals surface area contributed by atoms with Gasteiger partial charge in [0.25, 0.3) is 5.56 Å². The molecule has 0 unspecified atom stereocenters. The third-order valence-corrected chi connectivity index (χ3v) is 5.20. The van der Waals surface area contributed by atoms with Crippen LogP contribution in [0, 0.1) is 0 Å². The summed E-state index contributed by atoms with van der Waals surface area (Å²) in [6.07, 6.45) is 0.907. The van der Waals surface area contributed by atoms with Crippen molar-refractivity contribution in [3.63, 3.8) is 0 Å². The van der Waals surface area contributed by atoms with Crippen LogP contribution in [-0.2, 0) is 17.8 Å². The highest BCUT2D eigenvalue weighted by Crippen LogP contribution is 2.23. The molecule has 0 radical (unpaired) electrons. The predicted molar refractivity (Wildman–Crippen MR) is 94.3 cm³/mol. The van der Waals surface area contributed by atoms with E-state index in [9.17, 15) is 9.59 Å². The zero-order valence-electron chi connectivity index (χ0n) is 12.9. The fourth-order valence-electron chi connectivity index (χ4n) is 2.90. The SMILES string of the molecule is O=C(CNc1nc2ccccc2c(=O)[nH]1)N1CCc2sccc2C1. The van der Waals surface area contributed by atoms with E-state index < -0.39 is 0 Å². The lowest BCUT2D eigenvalue weighted by molar-refractivity contribution is -0.130. The van der Waals surface area contributed by atoms with Crippen molar-refractivity contribution < 1.29 is 4.79 Å². The molecule has 6 nitrogen and oxygen atoms in total. The Bertz CT molecular complexity index is 962. The number of H-pyrrole nitrogens is 1. The minimum absolute atomic E-state index is 0.00246. The largest absolute Gasteiger partial charge is 0.347 e. The number of rotatable bonds is 3. The number of fused-ring (bicyclic) bond motifs is 2. The zero-order valence-corrected chi connectivity index (χ0v) is 13.7. The quantitative estimate of drug-likeness (QED) is 0.764. The number of carbonyl (C=O) groups excluding carboxylic acids is 1. The molecule has 122 valence electrons. The molecule has 2 N–H and O–H groups in total. The molecule has 0 spiro atoms. The Kier molecular flexibility index (Phi) is 3.78. The van der Waals surface area contributed by atoms with E-state index in [0.29, 0.717) is 23.4 Å². The van der Waals surface area contributed by atoms with Crippen molar-refractivity contribution in [1.82, 2.24) is 14.9 Å². The number of nitrogens with one attached hydrogen (secondary N) is 2. The molecule has 0 saturated heterocycles. The van der Waals surface area contributed by atoms with Gasteiger partial charge in [0.2, 0.25) is 11.9 Å². The van der Waals surface area contributed by atoms with E-state index in [0.717, 1.165) is 13.0 Å². The number of nitrogens with zero attached hydrogens (tertiary/aromatic N) is 2. The summed E-state index contributed by atoms with van der Waals surface area (Å²) in [5, 5.41) is 5.54. The van der Waals surface area contributed by atoms with Crippen molar-refractivity contribution in [1.29, 1.82) is 0 Å². The van der Waals surface area contributed by atoms with E-state index >= 15 is 0 Å². The summed E-state index contributed by atoms with van der Waals surface area (Å²) in [5.41, 5.74) is 1.63. The number of aromatic nitrogens is 2. The Hall–Kier alpha value is -2.67. The molecule has 1 amide bonds. The normalized spacial score (nSPS) is 13.8. The number of aromatic amines is 1. The first-order valence-electron chi connectivity index (χ1n) is 7.76. The summed E-state index contributed by atoms with van der Waals surface area (Å²) in [6.45, 7) is 1.50. The number of para-hydroxylation sites is 1. The van der Waals surface area contributed by atoms with Gasteiger partial charge in [-0.2, -0.15) is 0 Å². The molecule has 24 heavy (non-hydrogen) atoms. The van der Waals surface area contributed by atoms with Gasteiger partial charge in [-0.1, -0.05) is 12.1 Å². The maximum atomic E-state index is 12.4. The van der Waals surface area contributed by atoms with Gasteiger partial charge in [-0.3, -0.25) is 14.6 Å². The molecule has 3 aromatic rings. The number of carbonyl (C=O) groups is 1. The summed E-state index contributed by atoms with van der Waals surface area (Å²) in [7, 11) is 0. The van der Waals surface area contributed by atoms with Crippen LogP contribution >= 0.6 is 11.3 Å². The minimum atomic E-state index is -0.212. The number of hydrogen-bond donors (Lipinski definition) is 2. The van der Waals surface area contributed by atoms with Crippen molar-refractivity contribution in [3.05, 3.63) is 56.5 Å². The molecule has 0 fully saturated rings. The van der Waals surface area contributed by atoms with Gasteiger partial charge in [-0.25, -0.2) is 4.98 Å². The van der Waals surface area contributed by atoms with Crippen LogP contribution in [0.5, 0.6) is 0 Å². The van der Waals surface area contributed by atoms with Gasteiger partial charge in [-0.05, 0) is 35.6 Å². The van der Waals surface area contributed by atoms with Gasteiger partial charge < -0.3 is 10.2 Å². The van der Waals surface area contributed by atoms with E-state index in [1.165, 1.54) is 10.4 Å². The maximum absolute atomic E-state index is 12.4. The topological polar surface area (TPSA) is 78.1 Å². The van der Waals surface area contributed by atoms with Crippen LogP contribution in [0.1, 0.15) is 10.4 Å². The lowest BCUT2D eigenvalue weighted by Gasteiger charge is -2.27. The highest BCUT2D eigenvalue weighted by Gasteiger charge is 2.21. The van der Waals surface area contributed by atoms with Crippen LogP contribution < -0.4 is 10.9 Å². The summed E-state index contributed by atoms with van der Waals surface area (Å²) < 4.78 is 0. The second-order valence-corrected chi connectivity index (χ2v) is 6.72. The number of hydrogen-bond acceptors (Lipinski definition) is 5. The molecule has 0 aliphatic carbocycles. The first-order valence-corrected chi connectivity index (χ1v) is 8.64. The Morgan fingerprint density at radius 2 is 2.21 bits per heavy atom. The van der Waals surface area contributed by atoms with Crippen molar-refractivity contribution >= 4 is 34.1 Å². The van der Waals surface area contributed by atoms with Crippen molar-refractivity contribution in [2.45, 2.75) is 13.0 Å². The van der Waals surface area contributed by atoms with E-state index in [-0.39, 0.29) is 18.0 Å². The standard InChI is InChI=1S/C17H16N4O2S/c22-15(21-7-5-14-11(10-21)6-8-24-14)9-18-17-19-13-4-2-1-3-12(13)16(23)20-17/h1-4,6,8H,5,7,9-10H2,(H2,18,19,20,23). The second kappa shape index (κ2) is 6.09. The monoisotopic (exact) mass is 340 g/mol. The zero-order chi connectivity index (χ0) is 16.5. The maximum Gasteiger partial charge on any atom is 0.260 e. The average Bonchev–Trinajstić information content (AvgIpc) is 3.07. The highest BCUT2D eigenvalue weighted by molar-refractivity contribution is 7.10. The van der Waals surface area contributed by atoms with E-state index in [1.54, 1.807) is 29.5 Å². The minimum Gasteiger partial charge on any atom is -0.347 e. The Morgan fingerprint density at radius 1 is 1.33 bits per heavy atom.